The van der Waals surface area contributed by atoms with Crippen LogP contribution in [0, 0.1) is 24.1 Å². The topological polar surface area (TPSA) is 78.6 Å². The molecular formula is C22H17Cl2FN6. The fourth-order valence-corrected chi connectivity index (χ4v) is 3.65. The minimum Gasteiger partial charge on any atom is -0.379 e. The molecule has 6 nitrogen and oxygen atoms in total. The molecule has 0 fully saturated rings. The zero-order valence-electron chi connectivity index (χ0n) is 16.7. The SMILES string of the molecule is Cc1c(CNc2cc(Cl)c3ncc(C#N)c(Nc4ccc(F)c(Cl)c4)c3c2)ncn1C. The molecule has 0 bridgehead atoms. The maximum absolute atomic E-state index is 13.5. The molecule has 4 aromatic rings. The first-order valence-electron chi connectivity index (χ1n) is 9.32. The predicted octanol–water partition coefficient (Wildman–Crippen LogP) is 5.95. The van der Waals surface area contributed by atoms with E-state index in [1.807, 2.05) is 24.6 Å². The van der Waals surface area contributed by atoms with Gasteiger partial charge in [0.25, 0.3) is 0 Å². The molecule has 2 aromatic carbocycles. The summed E-state index contributed by atoms with van der Waals surface area (Å²) in [5.74, 6) is -0.522. The standard InChI is InChI=1S/C22H17Cl2FN6/c1-12-20(29-11-31(12)2)10-27-15-5-16-21(30-14-3-4-19(25)17(23)6-14)13(8-26)9-28-22(16)18(24)7-15/h3-7,9,11,27H,10H2,1-2H3,(H,28,30). The van der Waals surface area contributed by atoms with Crippen molar-refractivity contribution in [3.8, 4) is 6.07 Å². The summed E-state index contributed by atoms with van der Waals surface area (Å²) in [7, 11) is 1.94. The lowest BCUT2D eigenvalue weighted by molar-refractivity contribution is 0.628. The van der Waals surface area contributed by atoms with E-state index >= 15 is 0 Å². The van der Waals surface area contributed by atoms with Crippen molar-refractivity contribution in [1.29, 1.82) is 5.26 Å². The number of hydrogen-bond acceptors (Lipinski definition) is 5. The zero-order valence-corrected chi connectivity index (χ0v) is 18.2. The van der Waals surface area contributed by atoms with Gasteiger partial charge in [-0.25, -0.2) is 9.37 Å². The maximum Gasteiger partial charge on any atom is 0.141 e. The lowest BCUT2D eigenvalue weighted by Gasteiger charge is -2.14. The van der Waals surface area contributed by atoms with Gasteiger partial charge in [0.2, 0.25) is 0 Å². The summed E-state index contributed by atoms with van der Waals surface area (Å²) in [5, 5.41) is 17.1. The molecule has 4 rings (SSSR count). The van der Waals surface area contributed by atoms with Crippen LogP contribution in [0.25, 0.3) is 10.9 Å². The Balaban J connectivity index is 1.75. The lowest BCUT2D eigenvalue weighted by atomic mass is 10.1. The van der Waals surface area contributed by atoms with Crippen LogP contribution in [0.5, 0.6) is 0 Å². The van der Waals surface area contributed by atoms with Gasteiger partial charge in [0.05, 0.1) is 45.4 Å². The molecule has 0 aliphatic rings. The molecule has 0 atom stereocenters. The highest BCUT2D eigenvalue weighted by atomic mass is 35.5. The number of imidazole rings is 1. The van der Waals surface area contributed by atoms with Crippen LogP contribution in [0.3, 0.4) is 0 Å². The number of anilines is 3. The number of benzene rings is 2. The van der Waals surface area contributed by atoms with E-state index in [4.69, 9.17) is 23.2 Å². The van der Waals surface area contributed by atoms with E-state index in [1.165, 1.54) is 18.3 Å². The number of fused-ring (bicyclic) bond motifs is 1. The van der Waals surface area contributed by atoms with Crippen molar-refractivity contribution < 1.29 is 4.39 Å². The van der Waals surface area contributed by atoms with Crippen LogP contribution in [-0.2, 0) is 13.6 Å². The van der Waals surface area contributed by atoms with Gasteiger partial charge in [0.15, 0.2) is 0 Å². The van der Waals surface area contributed by atoms with E-state index in [1.54, 1.807) is 18.5 Å². The molecule has 9 heteroatoms. The van der Waals surface area contributed by atoms with Crippen molar-refractivity contribution in [2.24, 2.45) is 7.05 Å². The molecule has 2 aromatic heterocycles. The first kappa shape index (κ1) is 20.9. The first-order valence-corrected chi connectivity index (χ1v) is 10.1. The van der Waals surface area contributed by atoms with Crippen LogP contribution < -0.4 is 10.6 Å². The minimum absolute atomic E-state index is 0.0204. The molecule has 0 saturated carbocycles. The quantitative estimate of drug-likeness (QED) is 0.389. The molecule has 0 unspecified atom stereocenters. The number of pyridine rings is 1. The highest BCUT2D eigenvalue weighted by molar-refractivity contribution is 6.36. The fourth-order valence-electron chi connectivity index (χ4n) is 3.20. The molecule has 0 amide bonds. The van der Waals surface area contributed by atoms with Gasteiger partial charge in [-0.3, -0.25) is 4.98 Å². The molecule has 2 N–H and O–H groups in total. The summed E-state index contributed by atoms with van der Waals surface area (Å²) in [4.78, 5) is 8.73. The Bertz CT molecular complexity index is 1340. The van der Waals surface area contributed by atoms with Crippen molar-refractivity contribution >= 4 is 51.2 Å². The number of nitriles is 1. The Morgan fingerprint density at radius 1 is 1.13 bits per heavy atom. The second-order valence-corrected chi connectivity index (χ2v) is 7.82. The van der Waals surface area contributed by atoms with Crippen LogP contribution in [0.1, 0.15) is 17.0 Å². The first-order chi connectivity index (χ1) is 14.9. The average Bonchev–Trinajstić information content (AvgIpc) is 3.07. The Labute approximate surface area is 188 Å². The summed E-state index contributed by atoms with van der Waals surface area (Å²) in [6.07, 6.45) is 3.21. The van der Waals surface area contributed by atoms with Crippen molar-refractivity contribution in [1.82, 2.24) is 14.5 Å². The molecule has 0 radical (unpaired) electrons. The van der Waals surface area contributed by atoms with Gasteiger partial charge in [0.1, 0.15) is 11.9 Å². The van der Waals surface area contributed by atoms with Gasteiger partial charge < -0.3 is 15.2 Å². The zero-order chi connectivity index (χ0) is 22.1. The van der Waals surface area contributed by atoms with E-state index in [0.29, 0.717) is 39.4 Å². The molecule has 2 heterocycles. The maximum atomic E-state index is 13.5. The molecule has 0 spiro atoms. The summed E-state index contributed by atoms with van der Waals surface area (Å²) in [6.45, 7) is 2.51. The summed E-state index contributed by atoms with van der Waals surface area (Å²) in [5.41, 5.74) is 4.63. The number of aromatic nitrogens is 3. The second kappa shape index (κ2) is 8.42. The third-order valence-electron chi connectivity index (χ3n) is 5.03. The van der Waals surface area contributed by atoms with Crippen LogP contribution in [0.4, 0.5) is 21.5 Å². The Kier molecular flexibility index (Phi) is 5.68. The predicted molar refractivity (Wildman–Crippen MR) is 121 cm³/mol. The number of halogens is 3. The van der Waals surface area contributed by atoms with E-state index in [9.17, 15) is 9.65 Å². The van der Waals surface area contributed by atoms with Crippen molar-refractivity contribution in [3.63, 3.8) is 0 Å². The normalized spacial score (nSPS) is 10.8. The third kappa shape index (κ3) is 4.13. The van der Waals surface area contributed by atoms with Crippen LogP contribution in [0.15, 0.2) is 42.9 Å². The van der Waals surface area contributed by atoms with E-state index in [-0.39, 0.29) is 5.02 Å². The van der Waals surface area contributed by atoms with Crippen molar-refractivity contribution in [2.75, 3.05) is 10.6 Å². The minimum atomic E-state index is -0.522. The van der Waals surface area contributed by atoms with Gasteiger partial charge in [-0.1, -0.05) is 23.2 Å². The third-order valence-corrected chi connectivity index (χ3v) is 5.61. The Morgan fingerprint density at radius 2 is 1.90 bits per heavy atom. The second-order valence-electron chi connectivity index (χ2n) is 7.01. The van der Waals surface area contributed by atoms with Gasteiger partial charge in [-0.05, 0) is 37.3 Å². The highest BCUT2D eigenvalue weighted by Crippen LogP contribution is 2.35. The van der Waals surface area contributed by atoms with Gasteiger partial charge >= 0.3 is 0 Å². The molecule has 0 aliphatic heterocycles. The molecule has 0 aliphatic carbocycles. The van der Waals surface area contributed by atoms with Crippen molar-refractivity contribution in [2.45, 2.75) is 13.5 Å². The molecule has 0 saturated heterocycles. The number of hydrogen-bond donors (Lipinski definition) is 2. The monoisotopic (exact) mass is 454 g/mol. The number of rotatable bonds is 5. The number of nitrogens with one attached hydrogen (secondary N) is 2. The van der Waals surface area contributed by atoms with Crippen LogP contribution in [-0.4, -0.2) is 14.5 Å². The van der Waals surface area contributed by atoms with E-state index < -0.39 is 5.82 Å². The van der Waals surface area contributed by atoms with E-state index in [0.717, 1.165) is 17.1 Å². The Hall–Kier alpha value is -3.34. The van der Waals surface area contributed by atoms with Crippen LogP contribution >= 0.6 is 23.2 Å². The molecule has 156 valence electrons. The highest BCUT2D eigenvalue weighted by Gasteiger charge is 2.14. The summed E-state index contributed by atoms with van der Waals surface area (Å²) in [6, 6.07) is 10.0. The largest absolute Gasteiger partial charge is 0.379 e. The van der Waals surface area contributed by atoms with Gasteiger partial charge in [-0.2, -0.15) is 5.26 Å². The fraction of sp³-hybridized carbons (Fsp3) is 0.136. The number of aryl methyl sites for hydroxylation is 1. The number of nitrogens with zero attached hydrogens (tertiary/aromatic N) is 4. The average molecular weight is 455 g/mol. The lowest BCUT2D eigenvalue weighted by Crippen LogP contribution is -2.03. The van der Waals surface area contributed by atoms with Crippen molar-refractivity contribution in [3.05, 3.63) is 75.7 Å². The molecule has 31 heavy (non-hydrogen) atoms. The Morgan fingerprint density at radius 3 is 2.58 bits per heavy atom. The van der Waals surface area contributed by atoms with Gasteiger partial charge in [-0.15, -0.1) is 0 Å². The van der Waals surface area contributed by atoms with Crippen LogP contribution in [0.2, 0.25) is 10.0 Å². The summed E-state index contributed by atoms with van der Waals surface area (Å²) < 4.78 is 15.5. The smallest absolute Gasteiger partial charge is 0.141 e. The van der Waals surface area contributed by atoms with E-state index in [2.05, 4.69) is 26.7 Å². The summed E-state index contributed by atoms with van der Waals surface area (Å²) >= 11 is 12.4. The molecular weight excluding hydrogens is 438 g/mol. The van der Waals surface area contributed by atoms with Gasteiger partial charge in [0, 0.05) is 35.7 Å².